The molecule has 0 radical (unpaired) electrons. The molecule has 128 valence electrons. The van der Waals surface area contributed by atoms with Crippen LogP contribution >= 0.6 is 0 Å². The second-order valence-electron chi connectivity index (χ2n) is 6.74. The van der Waals surface area contributed by atoms with Crippen LogP contribution in [0.2, 0.25) is 0 Å². The van der Waals surface area contributed by atoms with E-state index in [9.17, 15) is 5.26 Å². The highest BCUT2D eigenvalue weighted by atomic mass is 15.3. The van der Waals surface area contributed by atoms with E-state index in [0.29, 0.717) is 12.3 Å². The summed E-state index contributed by atoms with van der Waals surface area (Å²) in [4.78, 5) is 8.91. The maximum absolute atomic E-state index is 9.24. The molecule has 0 unspecified atom stereocenters. The zero-order valence-corrected chi connectivity index (χ0v) is 14.5. The summed E-state index contributed by atoms with van der Waals surface area (Å²) in [7, 11) is 0. The first kappa shape index (κ1) is 15.8. The van der Waals surface area contributed by atoms with Gasteiger partial charge in [0, 0.05) is 29.9 Å². The van der Waals surface area contributed by atoms with Crippen LogP contribution in [0, 0.1) is 17.2 Å². The average molecular weight is 334 g/mol. The molecule has 0 amide bonds. The Bertz CT molecular complexity index is 910. The van der Waals surface area contributed by atoms with E-state index in [-0.39, 0.29) is 6.04 Å². The Hall–Kier alpha value is -2.68. The normalized spacial score (nSPS) is 16.3. The largest absolute Gasteiger partial charge is 0.333 e. The lowest BCUT2D eigenvalue weighted by atomic mass is 9.96. The zero-order valence-electron chi connectivity index (χ0n) is 14.5. The maximum atomic E-state index is 9.24. The molecule has 0 N–H and O–H groups in total. The molecule has 1 atom stereocenters. The van der Waals surface area contributed by atoms with E-state index < -0.39 is 0 Å². The quantitative estimate of drug-likeness (QED) is 0.708. The Morgan fingerprint density at radius 2 is 2.16 bits per heavy atom. The molecular weight excluding hydrogens is 312 g/mol. The molecule has 0 bridgehead atoms. The second-order valence-corrected chi connectivity index (χ2v) is 6.74. The molecule has 6 nitrogen and oxygen atoms in total. The fourth-order valence-corrected chi connectivity index (χ4v) is 4.04. The van der Waals surface area contributed by atoms with E-state index in [1.807, 2.05) is 23.3 Å². The summed E-state index contributed by atoms with van der Waals surface area (Å²) in [5.41, 5.74) is 2.84. The molecule has 1 aliphatic carbocycles. The summed E-state index contributed by atoms with van der Waals surface area (Å²) in [6.45, 7) is 2.98. The van der Waals surface area contributed by atoms with Crippen LogP contribution in [-0.2, 0) is 6.54 Å². The van der Waals surface area contributed by atoms with Crippen LogP contribution in [-0.4, -0.2) is 24.3 Å². The van der Waals surface area contributed by atoms with E-state index in [1.54, 1.807) is 6.33 Å². The number of aromatic nitrogens is 5. The van der Waals surface area contributed by atoms with Gasteiger partial charge < -0.3 is 4.57 Å². The van der Waals surface area contributed by atoms with Gasteiger partial charge in [0.25, 0.3) is 0 Å². The first-order valence-electron chi connectivity index (χ1n) is 9.03. The standard InChI is InChI=1S/C19H22N6/c1-2-24-10-8-16-18(21-13-22-19(16)24)15-11-23-25(12-15)17(7-9-20)14-5-3-4-6-14/h8,10-14,17H,2-7H2,1H3/t17-/m1/s1. The minimum absolute atomic E-state index is 0.166. The van der Waals surface area contributed by atoms with E-state index in [2.05, 4.69) is 38.7 Å². The van der Waals surface area contributed by atoms with Gasteiger partial charge in [0.05, 0.1) is 30.4 Å². The van der Waals surface area contributed by atoms with Crippen LogP contribution in [0.25, 0.3) is 22.3 Å². The van der Waals surface area contributed by atoms with Crippen molar-refractivity contribution >= 4 is 11.0 Å². The summed E-state index contributed by atoms with van der Waals surface area (Å²) in [5.74, 6) is 0.555. The average Bonchev–Trinajstić information content (AvgIpc) is 3.39. The minimum atomic E-state index is 0.166. The van der Waals surface area contributed by atoms with Crippen molar-refractivity contribution in [3.05, 3.63) is 31.0 Å². The molecule has 6 heteroatoms. The van der Waals surface area contributed by atoms with Gasteiger partial charge in [-0.25, -0.2) is 9.97 Å². The van der Waals surface area contributed by atoms with Crippen molar-refractivity contribution in [2.24, 2.45) is 5.92 Å². The lowest BCUT2D eigenvalue weighted by Gasteiger charge is -2.21. The molecular formula is C19H22N6. The Kier molecular flexibility index (Phi) is 4.22. The monoisotopic (exact) mass is 334 g/mol. The first-order chi connectivity index (χ1) is 12.3. The highest BCUT2D eigenvalue weighted by Crippen LogP contribution is 2.36. The molecule has 0 aliphatic heterocycles. The van der Waals surface area contributed by atoms with Gasteiger partial charge in [-0.2, -0.15) is 10.4 Å². The fourth-order valence-electron chi connectivity index (χ4n) is 4.04. The molecule has 0 aromatic carbocycles. The van der Waals surface area contributed by atoms with E-state index >= 15 is 0 Å². The predicted octanol–water partition coefficient (Wildman–Crippen LogP) is 3.96. The van der Waals surface area contributed by atoms with Gasteiger partial charge in [-0.3, -0.25) is 4.68 Å². The molecule has 1 fully saturated rings. The van der Waals surface area contributed by atoms with Gasteiger partial charge in [0.1, 0.15) is 12.0 Å². The lowest BCUT2D eigenvalue weighted by Crippen LogP contribution is -2.17. The SMILES string of the molecule is CCn1ccc2c(-c3cnn([C@H](CC#N)C4CCCC4)c3)ncnc21. The van der Waals surface area contributed by atoms with Crippen molar-refractivity contribution in [3.63, 3.8) is 0 Å². The highest BCUT2D eigenvalue weighted by molar-refractivity contribution is 5.90. The molecule has 0 saturated heterocycles. The van der Waals surface area contributed by atoms with E-state index in [4.69, 9.17) is 0 Å². The van der Waals surface area contributed by atoms with Crippen molar-refractivity contribution in [3.8, 4) is 17.3 Å². The number of fused-ring (bicyclic) bond motifs is 1. The molecule has 1 saturated carbocycles. The summed E-state index contributed by atoms with van der Waals surface area (Å²) in [6.07, 6.45) is 13.0. The first-order valence-corrected chi connectivity index (χ1v) is 9.03. The van der Waals surface area contributed by atoms with Gasteiger partial charge in [-0.05, 0) is 31.7 Å². The number of hydrogen-bond acceptors (Lipinski definition) is 4. The molecule has 0 spiro atoms. The van der Waals surface area contributed by atoms with Gasteiger partial charge in [-0.1, -0.05) is 12.8 Å². The number of nitrogens with zero attached hydrogens (tertiary/aromatic N) is 6. The zero-order chi connectivity index (χ0) is 17.2. The van der Waals surface area contributed by atoms with Crippen LogP contribution in [0.4, 0.5) is 0 Å². The minimum Gasteiger partial charge on any atom is -0.333 e. The number of rotatable bonds is 5. The third-order valence-corrected chi connectivity index (χ3v) is 5.36. The fraction of sp³-hybridized carbons (Fsp3) is 0.474. The molecule has 3 aromatic heterocycles. The van der Waals surface area contributed by atoms with E-state index in [0.717, 1.165) is 28.8 Å². The molecule has 3 heterocycles. The van der Waals surface area contributed by atoms with Gasteiger partial charge in [0.15, 0.2) is 0 Å². The molecule has 3 aromatic rings. The third-order valence-electron chi connectivity index (χ3n) is 5.36. The highest BCUT2D eigenvalue weighted by Gasteiger charge is 2.27. The third kappa shape index (κ3) is 2.80. The number of hydrogen-bond donors (Lipinski definition) is 0. The summed E-state index contributed by atoms with van der Waals surface area (Å²) < 4.78 is 4.10. The Balaban J connectivity index is 1.71. The topological polar surface area (TPSA) is 72.3 Å². The number of aryl methyl sites for hydroxylation is 1. The van der Waals surface area contributed by atoms with Crippen molar-refractivity contribution in [2.75, 3.05) is 0 Å². The predicted molar refractivity (Wildman–Crippen MR) is 95.6 cm³/mol. The van der Waals surface area contributed by atoms with Crippen LogP contribution in [0.5, 0.6) is 0 Å². The smallest absolute Gasteiger partial charge is 0.143 e. The Labute approximate surface area is 147 Å². The molecule has 25 heavy (non-hydrogen) atoms. The van der Waals surface area contributed by atoms with Gasteiger partial charge >= 0.3 is 0 Å². The van der Waals surface area contributed by atoms with Crippen molar-refractivity contribution in [2.45, 2.75) is 51.6 Å². The Morgan fingerprint density at radius 3 is 2.92 bits per heavy atom. The van der Waals surface area contributed by atoms with Gasteiger partial charge in [0.2, 0.25) is 0 Å². The van der Waals surface area contributed by atoms with Crippen molar-refractivity contribution < 1.29 is 0 Å². The van der Waals surface area contributed by atoms with Crippen LogP contribution in [0.15, 0.2) is 31.0 Å². The van der Waals surface area contributed by atoms with Crippen LogP contribution < -0.4 is 0 Å². The van der Waals surface area contributed by atoms with Crippen LogP contribution in [0.1, 0.15) is 45.1 Å². The lowest BCUT2D eigenvalue weighted by molar-refractivity contribution is 0.315. The number of nitriles is 1. The maximum Gasteiger partial charge on any atom is 0.143 e. The summed E-state index contributed by atoms with van der Waals surface area (Å²) >= 11 is 0. The van der Waals surface area contributed by atoms with Gasteiger partial charge in [-0.15, -0.1) is 0 Å². The summed E-state index contributed by atoms with van der Waals surface area (Å²) in [5, 5.41) is 14.9. The Morgan fingerprint density at radius 1 is 1.32 bits per heavy atom. The molecule has 4 rings (SSSR count). The van der Waals surface area contributed by atoms with Crippen LogP contribution in [0.3, 0.4) is 0 Å². The van der Waals surface area contributed by atoms with Crippen molar-refractivity contribution in [1.29, 1.82) is 5.26 Å². The second kappa shape index (κ2) is 6.67. The molecule has 1 aliphatic rings. The van der Waals surface area contributed by atoms with Crippen molar-refractivity contribution in [1.82, 2.24) is 24.3 Å². The van der Waals surface area contributed by atoms with E-state index in [1.165, 1.54) is 25.7 Å². The summed E-state index contributed by atoms with van der Waals surface area (Å²) in [6, 6.07) is 4.57.